The molecular weight excluding hydrogens is 386 g/mol. The molecule has 1 aliphatic heterocycles. The van der Waals surface area contributed by atoms with E-state index in [0.29, 0.717) is 30.2 Å². The third kappa shape index (κ3) is 6.79. The van der Waals surface area contributed by atoms with Crippen LogP contribution in [-0.2, 0) is 16.1 Å². The van der Waals surface area contributed by atoms with E-state index < -0.39 is 0 Å². The Morgan fingerprint density at radius 2 is 1.63 bits per heavy atom. The first kappa shape index (κ1) is 23.8. The standard InChI is InChI=1S/C22H35N3O5/c1-17(26)23-11-7-5-6-8-20(27)25-14-12-24(13-15-25)16-18-9-10-19(28-2)22(30-4)21(18)29-3/h9-10H,5-8,11-16H2,1-4H3,(H,23,26). The summed E-state index contributed by atoms with van der Waals surface area (Å²) in [6.45, 7) is 6.05. The van der Waals surface area contributed by atoms with Crippen molar-refractivity contribution in [1.29, 1.82) is 0 Å². The Morgan fingerprint density at radius 3 is 2.23 bits per heavy atom. The van der Waals surface area contributed by atoms with Crippen molar-refractivity contribution in [3.63, 3.8) is 0 Å². The predicted octanol–water partition coefficient (Wildman–Crippen LogP) is 2.05. The lowest BCUT2D eigenvalue weighted by atomic mass is 10.1. The van der Waals surface area contributed by atoms with Crippen LogP contribution < -0.4 is 19.5 Å². The predicted molar refractivity (Wildman–Crippen MR) is 115 cm³/mol. The van der Waals surface area contributed by atoms with E-state index in [1.54, 1.807) is 21.3 Å². The topological polar surface area (TPSA) is 80.3 Å². The molecule has 0 saturated carbocycles. The maximum absolute atomic E-state index is 12.4. The van der Waals surface area contributed by atoms with Crippen molar-refractivity contribution < 1.29 is 23.8 Å². The van der Waals surface area contributed by atoms with Crippen LogP contribution in [0, 0.1) is 0 Å². The van der Waals surface area contributed by atoms with Gasteiger partial charge >= 0.3 is 0 Å². The lowest BCUT2D eigenvalue weighted by Crippen LogP contribution is -2.48. The first-order valence-electron chi connectivity index (χ1n) is 10.5. The number of unbranched alkanes of at least 4 members (excludes halogenated alkanes) is 2. The average molecular weight is 422 g/mol. The molecule has 8 nitrogen and oxygen atoms in total. The van der Waals surface area contributed by atoms with Crippen molar-refractivity contribution in [2.24, 2.45) is 0 Å². The number of nitrogens with zero attached hydrogens (tertiary/aromatic N) is 2. The van der Waals surface area contributed by atoms with Gasteiger partial charge in [-0.25, -0.2) is 0 Å². The minimum Gasteiger partial charge on any atom is -0.493 e. The molecule has 2 rings (SSSR count). The second-order valence-electron chi connectivity index (χ2n) is 7.44. The molecule has 0 radical (unpaired) electrons. The average Bonchev–Trinajstić information content (AvgIpc) is 2.75. The van der Waals surface area contributed by atoms with E-state index in [4.69, 9.17) is 14.2 Å². The summed E-state index contributed by atoms with van der Waals surface area (Å²) in [7, 11) is 4.85. The van der Waals surface area contributed by atoms with E-state index in [2.05, 4.69) is 10.2 Å². The van der Waals surface area contributed by atoms with Crippen LogP contribution in [0.15, 0.2) is 12.1 Å². The van der Waals surface area contributed by atoms with Crippen molar-refractivity contribution in [1.82, 2.24) is 15.1 Å². The zero-order valence-electron chi connectivity index (χ0n) is 18.7. The van der Waals surface area contributed by atoms with Crippen molar-refractivity contribution in [2.75, 3.05) is 54.1 Å². The van der Waals surface area contributed by atoms with Crippen LogP contribution in [0.4, 0.5) is 0 Å². The molecule has 30 heavy (non-hydrogen) atoms. The summed E-state index contributed by atoms with van der Waals surface area (Å²) in [6, 6.07) is 3.89. The SMILES string of the molecule is COc1ccc(CN2CCN(C(=O)CCCCCNC(C)=O)CC2)c(OC)c1OC. The van der Waals surface area contributed by atoms with Gasteiger partial charge in [-0.1, -0.05) is 12.5 Å². The van der Waals surface area contributed by atoms with E-state index in [-0.39, 0.29) is 11.8 Å². The normalized spacial score (nSPS) is 14.3. The fourth-order valence-electron chi connectivity index (χ4n) is 3.68. The summed E-state index contributed by atoms with van der Waals surface area (Å²) in [5.41, 5.74) is 1.04. The molecule has 0 atom stereocenters. The van der Waals surface area contributed by atoms with Crippen molar-refractivity contribution >= 4 is 11.8 Å². The molecule has 0 spiro atoms. The summed E-state index contributed by atoms with van der Waals surface area (Å²) in [6.07, 6.45) is 3.30. The minimum absolute atomic E-state index is 0.00495. The molecule has 1 saturated heterocycles. The number of ether oxygens (including phenoxy) is 3. The fourth-order valence-corrected chi connectivity index (χ4v) is 3.68. The van der Waals surface area contributed by atoms with Gasteiger partial charge in [0.05, 0.1) is 21.3 Å². The Hall–Kier alpha value is -2.48. The number of hydrogen-bond donors (Lipinski definition) is 1. The molecule has 1 aromatic carbocycles. The number of hydrogen-bond acceptors (Lipinski definition) is 6. The summed E-state index contributed by atoms with van der Waals surface area (Å²) >= 11 is 0. The third-order valence-electron chi connectivity index (χ3n) is 5.35. The van der Waals surface area contributed by atoms with Gasteiger partial charge in [-0.3, -0.25) is 14.5 Å². The van der Waals surface area contributed by atoms with Crippen LogP contribution in [0.3, 0.4) is 0 Å². The number of carbonyl (C=O) groups is 2. The quantitative estimate of drug-likeness (QED) is 0.551. The van der Waals surface area contributed by atoms with E-state index in [0.717, 1.165) is 57.5 Å². The van der Waals surface area contributed by atoms with Gasteiger partial charge in [-0.05, 0) is 18.9 Å². The monoisotopic (exact) mass is 421 g/mol. The van der Waals surface area contributed by atoms with Gasteiger partial charge in [-0.15, -0.1) is 0 Å². The maximum Gasteiger partial charge on any atom is 0.222 e. The highest BCUT2D eigenvalue weighted by atomic mass is 16.5. The Balaban J connectivity index is 1.78. The highest BCUT2D eigenvalue weighted by molar-refractivity contribution is 5.76. The molecule has 1 heterocycles. The largest absolute Gasteiger partial charge is 0.493 e. The van der Waals surface area contributed by atoms with Crippen LogP contribution in [0.25, 0.3) is 0 Å². The van der Waals surface area contributed by atoms with E-state index in [1.165, 1.54) is 6.92 Å². The van der Waals surface area contributed by atoms with Crippen molar-refractivity contribution in [3.05, 3.63) is 17.7 Å². The molecule has 1 N–H and O–H groups in total. The second-order valence-corrected chi connectivity index (χ2v) is 7.44. The molecule has 8 heteroatoms. The van der Waals surface area contributed by atoms with Gasteiger partial charge in [0.15, 0.2) is 11.5 Å². The summed E-state index contributed by atoms with van der Waals surface area (Å²) in [5, 5.41) is 2.78. The highest BCUT2D eigenvalue weighted by Gasteiger charge is 2.23. The lowest BCUT2D eigenvalue weighted by Gasteiger charge is -2.35. The maximum atomic E-state index is 12.4. The van der Waals surface area contributed by atoms with Crippen LogP contribution in [0.5, 0.6) is 17.2 Å². The van der Waals surface area contributed by atoms with E-state index >= 15 is 0 Å². The van der Waals surface area contributed by atoms with Crippen LogP contribution in [-0.4, -0.2) is 75.7 Å². The molecule has 2 amide bonds. The van der Waals surface area contributed by atoms with Crippen molar-refractivity contribution in [3.8, 4) is 17.2 Å². The molecular formula is C22H35N3O5. The van der Waals surface area contributed by atoms with Crippen molar-refractivity contribution in [2.45, 2.75) is 39.2 Å². The number of piperazine rings is 1. The Morgan fingerprint density at radius 1 is 0.933 bits per heavy atom. The third-order valence-corrected chi connectivity index (χ3v) is 5.35. The van der Waals surface area contributed by atoms with E-state index in [1.807, 2.05) is 17.0 Å². The minimum atomic E-state index is -0.00495. The van der Waals surface area contributed by atoms with Gasteiger partial charge in [-0.2, -0.15) is 0 Å². The number of benzene rings is 1. The summed E-state index contributed by atoms with van der Waals surface area (Å²) in [4.78, 5) is 27.6. The number of amides is 2. The molecule has 0 unspecified atom stereocenters. The van der Waals surface area contributed by atoms with E-state index in [9.17, 15) is 9.59 Å². The van der Waals surface area contributed by atoms with Crippen LogP contribution in [0.1, 0.15) is 38.2 Å². The summed E-state index contributed by atoms with van der Waals surface area (Å²) < 4.78 is 16.4. The lowest BCUT2D eigenvalue weighted by molar-refractivity contribution is -0.133. The van der Waals surface area contributed by atoms with Gasteiger partial charge in [0.1, 0.15) is 0 Å². The van der Waals surface area contributed by atoms with Gasteiger partial charge in [0.2, 0.25) is 17.6 Å². The van der Waals surface area contributed by atoms with Crippen LogP contribution >= 0.6 is 0 Å². The second kappa shape index (κ2) is 12.3. The Labute approximate surface area is 179 Å². The zero-order chi connectivity index (χ0) is 21.9. The van der Waals surface area contributed by atoms with Gasteiger partial charge < -0.3 is 24.4 Å². The molecule has 0 aromatic heterocycles. The highest BCUT2D eigenvalue weighted by Crippen LogP contribution is 2.40. The first-order chi connectivity index (χ1) is 14.5. The molecule has 1 aromatic rings. The zero-order valence-corrected chi connectivity index (χ0v) is 18.7. The number of carbonyl (C=O) groups excluding carboxylic acids is 2. The Bertz CT molecular complexity index is 702. The van der Waals surface area contributed by atoms with Gasteiger partial charge in [0.25, 0.3) is 0 Å². The molecule has 1 fully saturated rings. The molecule has 1 aliphatic rings. The van der Waals surface area contributed by atoms with Crippen LogP contribution in [0.2, 0.25) is 0 Å². The molecule has 0 bridgehead atoms. The molecule has 0 aliphatic carbocycles. The fraction of sp³-hybridized carbons (Fsp3) is 0.636. The number of nitrogens with one attached hydrogen (secondary N) is 1. The number of methoxy groups -OCH3 is 3. The number of rotatable bonds is 11. The summed E-state index contributed by atoms with van der Waals surface area (Å²) in [5.74, 6) is 2.15. The Kier molecular flexibility index (Phi) is 9.73. The van der Waals surface area contributed by atoms with Gasteiger partial charge in [0, 0.05) is 58.2 Å². The smallest absolute Gasteiger partial charge is 0.222 e. The first-order valence-corrected chi connectivity index (χ1v) is 10.5. The molecule has 168 valence electrons.